The van der Waals surface area contributed by atoms with Gasteiger partial charge in [-0.25, -0.2) is 13.1 Å². The second kappa shape index (κ2) is 9.03. The quantitative estimate of drug-likeness (QED) is 0.415. The van der Waals surface area contributed by atoms with E-state index in [0.717, 1.165) is 31.9 Å². The molecule has 152 valence electrons. The lowest BCUT2D eigenvalue weighted by molar-refractivity contribution is -0.138. The number of sulfonamides is 1. The molecule has 0 aromatic rings. The molecule has 0 spiro atoms. The molecule has 1 fully saturated rings. The van der Waals surface area contributed by atoms with Crippen LogP contribution in [-0.2, 0) is 14.8 Å². The van der Waals surface area contributed by atoms with Gasteiger partial charge in [-0.15, -0.1) is 0 Å². The number of aliphatic imine (C=N–C) groups is 1. The van der Waals surface area contributed by atoms with Crippen LogP contribution in [0, 0.1) is 5.41 Å². The molecule has 0 saturated heterocycles. The Morgan fingerprint density at radius 3 is 2.23 bits per heavy atom. The highest BCUT2D eigenvalue weighted by atomic mass is 32.2. The largest absolute Gasteiger partial charge is 0.357 e. The van der Waals surface area contributed by atoms with Crippen molar-refractivity contribution in [2.45, 2.75) is 52.0 Å². The zero-order valence-electron chi connectivity index (χ0n) is 17.0. The van der Waals surface area contributed by atoms with Crippen LogP contribution >= 0.6 is 0 Å². The van der Waals surface area contributed by atoms with Crippen LogP contribution in [0.25, 0.3) is 0 Å². The average Bonchev–Trinajstić information content (AvgIpc) is 2.97. The van der Waals surface area contributed by atoms with E-state index in [-0.39, 0.29) is 17.9 Å². The lowest BCUT2D eigenvalue weighted by Crippen LogP contribution is -2.50. The fourth-order valence-electron chi connectivity index (χ4n) is 3.40. The summed E-state index contributed by atoms with van der Waals surface area (Å²) in [6, 6.07) is 0. The van der Waals surface area contributed by atoms with E-state index in [0.29, 0.717) is 19.0 Å². The van der Waals surface area contributed by atoms with Crippen molar-refractivity contribution in [2.24, 2.45) is 10.4 Å². The first-order valence-corrected chi connectivity index (χ1v) is 11.0. The van der Waals surface area contributed by atoms with Crippen LogP contribution in [0.5, 0.6) is 0 Å². The molecule has 0 aromatic carbocycles. The van der Waals surface area contributed by atoms with Gasteiger partial charge in [-0.1, -0.05) is 12.8 Å². The minimum Gasteiger partial charge on any atom is -0.357 e. The molecule has 26 heavy (non-hydrogen) atoms. The summed E-state index contributed by atoms with van der Waals surface area (Å²) in [6.07, 6.45) is 4.99. The molecule has 8 nitrogen and oxygen atoms in total. The van der Waals surface area contributed by atoms with Crippen LogP contribution in [0.3, 0.4) is 0 Å². The summed E-state index contributed by atoms with van der Waals surface area (Å²) in [5.74, 6) is 0.742. The summed E-state index contributed by atoms with van der Waals surface area (Å²) in [7, 11) is 0.277. The number of hydrogen-bond donors (Lipinski definition) is 3. The van der Waals surface area contributed by atoms with E-state index in [4.69, 9.17) is 0 Å². The van der Waals surface area contributed by atoms with Crippen molar-refractivity contribution in [1.82, 2.24) is 20.3 Å². The molecular weight excluding hydrogens is 354 g/mol. The molecule has 1 amide bonds. The molecule has 1 aliphatic carbocycles. The van der Waals surface area contributed by atoms with Gasteiger partial charge in [0.05, 0.1) is 18.2 Å². The highest BCUT2D eigenvalue weighted by Gasteiger charge is 2.42. The summed E-state index contributed by atoms with van der Waals surface area (Å²) in [5, 5.41) is 6.45. The van der Waals surface area contributed by atoms with Gasteiger partial charge in [0, 0.05) is 32.7 Å². The summed E-state index contributed by atoms with van der Waals surface area (Å²) >= 11 is 0. The molecule has 1 rings (SSSR count). The Morgan fingerprint density at radius 2 is 1.77 bits per heavy atom. The molecule has 0 aliphatic heterocycles. The van der Waals surface area contributed by atoms with Gasteiger partial charge in [-0.2, -0.15) is 0 Å². The van der Waals surface area contributed by atoms with Crippen molar-refractivity contribution in [2.75, 3.05) is 40.0 Å². The molecule has 0 atom stereocenters. The predicted octanol–water partition coefficient (Wildman–Crippen LogP) is 0.518. The first kappa shape index (κ1) is 22.7. The van der Waals surface area contributed by atoms with E-state index < -0.39 is 15.6 Å². The molecule has 0 radical (unpaired) electrons. The lowest BCUT2D eigenvalue weighted by Gasteiger charge is -2.31. The van der Waals surface area contributed by atoms with Crippen molar-refractivity contribution in [1.29, 1.82) is 0 Å². The number of carbonyl (C=O) groups is 1. The number of carbonyl (C=O) groups excluding carboxylic acids is 1. The van der Waals surface area contributed by atoms with Crippen LogP contribution in [0.15, 0.2) is 4.99 Å². The Hall–Kier alpha value is -1.35. The first-order valence-electron chi connectivity index (χ1n) is 9.14. The molecule has 1 saturated carbocycles. The Balaban J connectivity index is 2.82. The minimum absolute atomic E-state index is 0.150. The molecule has 0 aromatic heterocycles. The van der Waals surface area contributed by atoms with Gasteiger partial charge in [0.1, 0.15) is 0 Å². The van der Waals surface area contributed by atoms with Crippen LogP contribution in [-0.4, -0.2) is 70.7 Å². The zero-order valence-corrected chi connectivity index (χ0v) is 17.8. The van der Waals surface area contributed by atoms with Crippen molar-refractivity contribution < 1.29 is 13.2 Å². The SMILES string of the molecule is CCNC(=NCC(C)(C)NS(C)(=O)=O)NCC1(C(=O)N(C)C)CCCC1. The maximum atomic E-state index is 12.7. The van der Waals surface area contributed by atoms with Crippen molar-refractivity contribution in [3.8, 4) is 0 Å². The second-order valence-corrected chi connectivity index (χ2v) is 9.74. The Morgan fingerprint density at radius 1 is 1.19 bits per heavy atom. The number of hydrogen-bond acceptors (Lipinski definition) is 4. The van der Waals surface area contributed by atoms with Crippen molar-refractivity contribution >= 4 is 21.9 Å². The summed E-state index contributed by atoms with van der Waals surface area (Å²) in [5.41, 5.74) is -1.08. The van der Waals surface area contributed by atoms with E-state index in [2.05, 4.69) is 20.3 Å². The Bertz CT molecular complexity index is 608. The summed E-state index contributed by atoms with van der Waals surface area (Å²) in [6.45, 7) is 7.03. The van der Waals surface area contributed by atoms with Crippen molar-refractivity contribution in [3.05, 3.63) is 0 Å². The number of amides is 1. The molecular formula is C17H35N5O3S. The summed E-state index contributed by atoms with van der Waals surface area (Å²) < 4.78 is 25.5. The van der Waals surface area contributed by atoms with Gasteiger partial charge in [-0.3, -0.25) is 9.79 Å². The number of rotatable bonds is 8. The van der Waals surface area contributed by atoms with Crippen LogP contribution in [0.1, 0.15) is 46.5 Å². The molecule has 0 unspecified atom stereocenters. The number of nitrogens with zero attached hydrogens (tertiary/aromatic N) is 2. The van der Waals surface area contributed by atoms with Gasteiger partial charge in [0.15, 0.2) is 5.96 Å². The third-order valence-electron chi connectivity index (χ3n) is 4.45. The monoisotopic (exact) mass is 389 g/mol. The number of nitrogens with one attached hydrogen (secondary N) is 3. The average molecular weight is 390 g/mol. The Labute approximate surface area is 158 Å². The third-order valence-corrected chi connectivity index (χ3v) is 5.38. The van der Waals surface area contributed by atoms with Crippen LogP contribution in [0.2, 0.25) is 0 Å². The van der Waals surface area contributed by atoms with E-state index in [9.17, 15) is 13.2 Å². The lowest BCUT2D eigenvalue weighted by atomic mass is 9.84. The van der Waals surface area contributed by atoms with E-state index in [1.807, 2.05) is 6.92 Å². The summed E-state index contributed by atoms with van der Waals surface area (Å²) in [4.78, 5) is 18.8. The van der Waals surface area contributed by atoms with Gasteiger partial charge < -0.3 is 15.5 Å². The second-order valence-electron chi connectivity index (χ2n) is 7.99. The van der Waals surface area contributed by atoms with E-state index in [1.165, 1.54) is 0 Å². The zero-order chi connectivity index (χ0) is 20.0. The predicted molar refractivity (Wildman–Crippen MR) is 106 cm³/mol. The Kier molecular flexibility index (Phi) is 7.88. The van der Waals surface area contributed by atoms with Gasteiger partial charge in [0.2, 0.25) is 15.9 Å². The molecule has 0 bridgehead atoms. The van der Waals surface area contributed by atoms with Gasteiger partial charge in [0.25, 0.3) is 0 Å². The standard InChI is InChI=1S/C17H35N5O3S/c1-7-18-15(19-12-16(2,3)21-26(6,24)25)20-13-17(10-8-9-11-17)14(23)22(4)5/h21H,7-13H2,1-6H3,(H2,18,19,20). The highest BCUT2D eigenvalue weighted by Crippen LogP contribution is 2.38. The molecule has 1 aliphatic rings. The normalized spacial score (nSPS) is 17.8. The van der Waals surface area contributed by atoms with Gasteiger partial charge in [-0.05, 0) is 33.6 Å². The fraction of sp³-hybridized carbons (Fsp3) is 0.882. The third kappa shape index (κ3) is 7.11. The van der Waals surface area contributed by atoms with E-state index >= 15 is 0 Å². The smallest absolute Gasteiger partial charge is 0.230 e. The van der Waals surface area contributed by atoms with Crippen molar-refractivity contribution in [3.63, 3.8) is 0 Å². The topological polar surface area (TPSA) is 103 Å². The number of guanidine groups is 1. The highest BCUT2D eigenvalue weighted by molar-refractivity contribution is 7.88. The maximum Gasteiger partial charge on any atom is 0.230 e. The van der Waals surface area contributed by atoms with Crippen LogP contribution in [0.4, 0.5) is 0 Å². The van der Waals surface area contributed by atoms with Crippen LogP contribution < -0.4 is 15.4 Å². The molecule has 0 heterocycles. The minimum atomic E-state index is -3.31. The van der Waals surface area contributed by atoms with E-state index in [1.54, 1.807) is 32.8 Å². The fourth-order valence-corrected chi connectivity index (χ4v) is 4.47. The molecule has 3 N–H and O–H groups in total. The van der Waals surface area contributed by atoms with Gasteiger partial charge >= 0.3 is 0 Å². The molecule has 9 heteroatoms. The maximum absolute atomic E-state index is 12.7. The first-order chi connectivity index (χ1) is 11.9.